The van der Waals surface area contributed by atoms with Gasteiger partial charge in [-0.2, -0.15) is 0 Å². The van der Waals surface area contributed by atoms with E-state index in [-0.39, 0.29) is 11.5 Å². The summed E-state index contributed by atoms with van der Waals surface area (Å²) in [5, 5.41) is 0. The Bertz CT molecular complexity index is 657. The number of carbonyl (C=O) groups is 3. The van der Waals surface area contributed by atoms with Crippen LogP contribution < -0.4 is 0 Å². The second-order valence-corrected chi connectivity index (χ2v) is 6.57. The monoisotopic (exact) mass is 348 g/mol. The summed E-state index contributed by atoms with van der Waals surface area (Å²) in [4.78, 5) is 35.0. The third-order valence-electron chi connectivity index (χ3n) is 4.43. The molecule has 0 bridgehead atoms. The zero-order valence-corrected chi connectivity index (χ0v) is 15.0. The Balaban J connectivity index is 2.46. The van der Waals surface area contributed by atoms with Gasteiger partial charge in [-0.3, -0.25) is 9.59 Å². The fourth-order valence-electron chi connectivity index (χ4n) is 3.23. The van der Waals surface area contributed by atoms with E-state index in [1.54, 1.807) is 6.08 Å². The van der Waals surface area contributed by atoms with Gasteiger partial charge in [0, 0.05) is 32.3 Å². The lowest BCUT2D eigenvalue weighted by Gasteiger charge is -2.27. The first-order chi connectivity index (χ1) is 11.7. The third-order valence-corrected chi connectivity index (χ3v) is 4.43. The van der Waals surface area contributed by atoms with Gasteiger partial charge in [0.2, 0.25) is 0 Å². The van der Waals surface area contributed by atoms with E-state index in [1.165, 1.54) is 13.8 Å². The van der Waals surface area contributed by atoms with Crippen molar-refractivity contribution in [1.82, 2.24) is 0 Å². The van der Waals surface area contributed by atoms with Crippen LogP contribution in [0.4, 0.5) is 0 Å². The van der Waals surface area contributed by atoms with Crippen molar-refractivity contribution < 1.29 is 28.6 Å². The van der Waals surface area contributed by atoms with Crippen molar-refractivity contribution >= 4 is 17.9 Å². The molecule has 1 aliphatic carbocycles. The number of carbonyl (C=O) groups excluding carboxylic acids is 3. The minimum Gasteiger partial charge on any atom is -0.458 e. The molecule has 6 nitrogen and oxygen atoms in total. The van der Waals surface area contributed by atoms with Crippen LogP contribution in [0.5, 0.6) is 0 Å². The van der Waals surface area contributed by atoms with E-state index in [4.69, 9.17) is 14.2 Å². The molecule has 0 saturated carbocycles. The predicted molar refractivity (Wildman–Crippen MR) is 90.4 cm³/mol. The average Bonchev–Trinajstić information content (AvgIpc) is 2.75. The highest BCUT2D eigenvalue weighted by Crippen LogP contribution is 2.36. The maximum Gasteiger partial charge on any atom is 0.334 e. The Kier molecular flexibility index (Phi) is 5.82. The summed E-state index contributed by atoms with van der Waals surface area (Å²) in [6, 6.07) is 0. The first-order valence-corrected chi connectivity index (χ1v) is 8.27. The van der Waals surface area contributed by atoms with E-state index in [2.05, 4.69) is 6.58 Å². The second-order valence-electron chi connectivity index (χ2n) is 6.57. The highest BCUT2D eigenvalue weighted by molar-refractivity contribution is 5.91. The normalized spacial score (nSPS) is 33.9. The first kappa shape index (κ1) is 19.0. The lowest BCUT2D eigenvalue weighted by atomic mass is 9.85. The lowest BCUT2D eigenvalue weighted by molar-refractivity contribution is -0.148. The summed E-state index contributed by atoms with van der Waals surface area (Å²) >= 11 is 0. The fourth-order valence-corrected chi connectivity index (χ4v) is 3.23. The molecule has 0 radical (unpaired) electrons. The molecule has 0 spiro atoms. The zero-order valence-electron chi connectivity index (χ0n) is 15.0. The molecule has 25 heavy (non-hydrogen) atoms. The van der Waals surface area contributed by atoms with Gasteiger partial charge < -0.3 is 14.2 Å². The summed E-state index contributed by atoms with van der Waals surface area (Å²) in [5.74, 6) is -1.78. The van der Waals surface area contributed by atoms with Gasteiger partial charge in [-0.1, -0.05) is 18.2 Å². The SMILES string of the molecule is C=C1C(=O)OC2C/C(C)=C/CC(OC(C)=O)/C(C)=C/C(OC(C)=O)C12. The number of esters is 3. The number of hydrogen-bond acceptors (Lipinski definition) is 6. The molecule has 1 aliphatic heterocycles. The van der Waals surface area contributed by atoms with E-state index < -0.39 is 36.2 Å². The smallest absolute Gasteiger partial charge is 0.334 e. The predicted octanol–water partition coefficient (Wildman–Crippen LogP) is 2.63. The van der Waals surface area contributed by atoms with Crippen LogP contribution in [0.15, 0.2) is 35.5 Å². The van der Waals surface area contributed by atoms with Gasteiger partial charge in [-0.15, -0.1) is 0 Å². The minimum absolute atomic E-state index is 0.290. The molecule has 1 saturated heterocycles. The number of hydrogen-bond donors (Lipinski definition) is 0. The van der Waals surface area contributed by atoms with E-state index >= 15 is 0 Å². The van der Waals surface area contributed by atoms with Crippen LogP contribution in [0.25, 0.3) is 0 Å². The van der Waals surface area contributed by atoms with Crippen LogP contribution >= 0.6 is 0 Å². The molecule has 2 aliphatic rings. The third kappa shape index (κ3) is 4.59. The van der Waals surface area contributed by atoms with Crippen molar-refractivity contribution in [2.75, 3.05) is 0 Å². The molecule has 136 valence electrons. The number of ether oxygens (including phenoxy) is 3. The van der Waals surface area contributed by atoms with E-state index in [0.717, 1.165) is 11.1 Å². The fraction of sp³-hybridized carbons (Fsp3) is 0.526. The maximum atomic E-state index is 12.0. The van der Waals surface area contributed by atoms with Crippen molar-refractivity contribution in [3.63, 3.8) is 0 Å². The molecule has 0 amide bonds. The van der Waals surface area contributed by atoms with E-state index in [9.17, 15) is 14.4 Å². The molecule has 0 aromatic heterocycles. The summed E-state index contributed by atoms with van der Waals surface area (Å²) in [6.45, 7) is 10.2. The molecule has 1 fully saturated rings. The molecular formula is C19H24O6. The van der Waals surface area contributed by atoms with Gasteiger partial charge >= 0.3 is 17.9 Å². The van der Waals surface area contributed by atoms with Crippen LogP contribution in [-0.2, 0) is 28.6 Å². The highest BCUT2D eigenvalue weighted by Gasteiger charge is 2.44. The Hall–Kier alpha value is -2.37. The van der Waals surface area contributed by atoms with Gasteiger partial charge in [0.05, 0.1) is 5.92 Å². The largest absolute Gasteiger partial charge is 0.458 e. The van der Waals surface area contributed by atoms with Gasteiger partial charge in [-0.25, -0.2) is 4.79 Å². The lowest BCUT2D eigenvalue weighted by Crippen LogP contribution is -2.33. The molecule has 0 aromatic rings. The Morgan fingerprint density at radius 3 is 2.44 bits per heavy atom. The molecular weight excluding hydrogens is 324 g/mol. The van der Waals surface area contributed by atoms with Gasteiger partial charge in [-0.05, 0) is 25.5 Å². The molecule has 0 aromatic carbocycles. The molecule has 1 heterocycles. The highest BCUT2D eigenvalue weighted by atomic mass is 16.6. The van der Waals surface area contributed by atoms with Crippen molar-refractivity contribution in [3.05, 3.63) is 35.5 Å². The summed E-state index contributed by atoms with van der Waals surface area (Å²) < 4.78 is 16.3. The number of fused-ring (bicyclic) bond motifs is 1. The summed E-state index contributed by atoms with van der Waals surface area (Å²) in [5.41, 5.74) is 2.04. The van der Waals surface area contributed by atoms with E-state index in [1.807, 2.05) is 19.9 Å². The standard InChI is InChI=1S/C19H24O6/c1-10-6-7-15(23-13(4)20)11(2)9-17(24-14(5)21)18-12(3)19(22)25-16(18)8-10/h6,9,15-18H,3,7-8H2,1-2,4-5H3/b10-6+,11-9+. The van der Waals surface area contributed by atoms with Crippen LogP contribution in [0.2, 0.25) is 0 Å². The topological polar surface area (TPSA) is 78.9 Å². The Morgan fingerprint density at radius 2 is 1.84 bits per heavy atom. The Labute approximate surface area is 147 Å². The summed E-state index contributed by atoms with van der Waals surface area (Å²) in [7, 11) is 0. The minimum atomic E-state index is -0.703. The molecule has 0 N–H and O–H groups in total. The average molecular weight is 348 g/mol. The number of rotatable bonds is 2. The van der Waals surface area contributed by atoms with Crippen LogP contribution in [0.3, 0.4) is 0 Å². The van der Waals surface area contributed by atoms with Crippen molar-refractivity contribution in [3.8, 4) is 0 Å². The van der Waals surface area contributed by atoms with Gasteiger partial charge in [0.15, 0.2) is 0 Å². The van der Waals surface area contributed by atoms with Crippen LogP contribution in [0, 0.1) is 5.92 Å². The van der Waals surface area contributed by atoms with Crippen molar-refractivity contribution in [1.29, 1.82) is 0 Å². The molecule has 4 atom stereocenters. The van der Waals surface area contributed by atoms with Crippen molar-refractivity contribution in [2.45, 2.75) is 58.8 Å². The Morgan fingerprint density at radius 1 is 1.20 bits per heavy atom. The molecule has 4 unspecified atom stereocenters. The van der Waals surface area contributed by atoms with Crippen molar-refractivity contribution in [2.24, 2.45) is 5.92 Å². The summed E-state index contributed by atoms with van der Waals surface area (Å²) in [6.07, 6.45) is 3.13. The van der Waals surface area contributed by atoms with Crippen LogP contribution in [-0.4, -0.2) is 36.2 Å². The van der Waals surface area contributed by atoms with Gasteiger partial charge in [0.25, 0.3) is 0 Å². The van der Waals surface area contributed by atoms with Crippen LogP contribution in [0.1, 0.15) is 40.5 Å². The van der Waals surface area contributed by atoms with E-state index in [0.29, 0.717) is 12.8 Å². The zero-order chi connectivity index (χ0) is 18.7. The first-order valence-electron chi connectivity index (χ1n) is 8.27. The maximum absolute atomic E-state index is 12.0. The molecule has 6 heteroatoms. The quantitative estimate of drug-likeness (QED) is 0.330. The second kappa shape index (κ2) is 7.68. The van der Waals surface area contributed by atoms with Gasteiger partial charge in [0.1, 0.15) is 18.3 Å². The molecule has 2 rings (SSSR count).